The Morgan fingerprint density at radius 1 is 1.08 bits per heavy atom. The molecule has 0 saturated carbocycles. The number of ether oxygens (including phenoxy) is 1. The molecule has 1 rings (SSSR count). The van der Waals surface area contributed by atoms with E-state index < -0.39 is 0 Å². The lowest BCUT2D eigenvalue weighted by Crippen LogP contribution is -2.24. The molecule has 0 spiro atoms. The summed E-state index contributed by atoms with van der Waals surface area (Å²) in [6.07, 6.45) is 3.34. The molecule has 1 nitrogen and oxygen atoms in total. The smallest absolute Gasteiger partial charge is 0.0579 e. The Bertz CT molecular complexity index is 139. The lowest BCUT2D eigenvalue weighted by molar-refractivity contribution is -0.0234. The van der Waals surface area contributed by atoms with Crippen molar-refractivity contribution in [2.24, 2.45) is 17.8 Å². The monoisotopic (exact) mass is 184 g/mol. The highest BCUT2D eigenvalue weighted by atomic mass is 16.5. The molecule has 0 bridgehead atoms. The summed E-state index contributed by atoms with van der Waals surface area (Å²) in [5.74, 6) is 2.31. The summed E-state index contributed by atoms with van der Waals surface area (Å²) < 4.78 is 6.01. The van der Waals surface area contributed by atoms with Crippen LogP contribution in [0.1, 0.15) is 47.5 Å². The van der Waals surface area contributed by atoms with Crippen molar-refractivity contribution in [1.29, 1.82) is 0 Å². The first-order valence-corrected chi connectivity index (χ1v) is 5.71. The van der Waals surface area contributed by atoms with Crippen molar-refractivity contribution in [1.82, 2.24) is 0 Å². The van der Waals surface area contributed by atoms with Crippen molar-refractivity contribution in [2.75, 3.05) is 0 Å². The summed E-state index contributed by atoms with van der Waals surface area (Å²) in [7, 11) is 0. The van der Waals surface area contributed by atoms with E-state index in [-0.39, 0.29) is 0 Å². The second-order valence-electron chi connectivity index (χ2n) is 4.80. The highest BCUT2D eigenvalue weighted by molar-refractivity contribution is 4.79. The summed E-state index contributed by atoms with van der Waals surface area (Å²) in [6.45, 7) is 11.5. The van der Waals surface area contributed by atoms with E-state index in [1.807, 2.05) is 0 Å². The molecule has 5 atom stereocenters. The zero-order valence-corrected chi connectivity index (χ0v) is 9.71. The van der Waals surface area contributed by atoms with Gasteiger partial charge in [-0.1, -0.05) is 27.7 Å². The molecular weight excluding hydrogens is 160 g/mol. The zero-order chi connectivity index (χ0) is 10.0. The third kappa shape index (κ3) is 2.46. The van der Waals surface area contributed by atoms with Gasteiger partial charge < -0.3 is 4.74 Å². The van der Waals surface area contributed by atoms with Crippen molar-refractivity contribution >= 4 is 0 Å². The van der Waals surface area contributed by atoms with E-state index in [9.17, 15) is 0 Å². The van der Waals surface area contributed by atoms with Gasteiger partial charge in [-0.2, -0.15) is 0 Å². The van der Waals surface area contributed by atoms with Crippen LogP contribution in [0.15, 0.2) is 0 Å². The van der Waals surface area contributed by atoms with Gasteiger partial charge in [0.1, 0.15) is 0 Å². The first kappa shape index (κ1) is 11.0. The lowest BCUT2D eigenvalue weighted by atomic mass is 9.81. The van der Waals surface area contributed by atoms with E-state index in [2.05, 4.69) is 34.6 Å². The highest BCUT2D eigenvalue weighted by Crippen LogP contribution is 2.33. The molecule has 1 aliphatic heterocycles. The van der Waals surface area contributed by atoms with Crippen LogP contribution in [0.4, 0.5) is 0 Å². The number of hydrogen-bond donors (Lipinski definition) is 0. The Labute approximate surface area is 82.9 Å². The molecule has 0 aromatic heterocycles. The van der Waals surface area contributed by atoms with E-state index in [0.717, 1.165) is 18.3 Å². The third-order valence-corrected chi connectivity index (χ3v) is 3.96. The maximum Gasteiger partial charge on any atom is 0.0579 e. The number of hydrogen-bond acceptors (Lipinski definition) is 1. The van der Waals surface area contributed by atoms with Crippen LogP contribution in [0, 0.1) is 17.8 Å². The Morgan fingerprint density at radius 3 is 2.23 bits per heavy atom. The minimum absolute atomic E-state index is 0.435. The van der Waals surface area contributed by atoms with Gasteiger partial charge in [0.2, 0.25) is 0 Å². The molecule has 13 heavy (non-hydrogen) atoms. The Hall–Kier alpha value is -0.0400. The van der Waals surface area contributed by atoms with E-state index in [1.165, 1.54) is 6.42 Å². The van der Waals surface area contributed by atoms with Crippen molar-refractivity contribution in [3.63, 3.8) is 0 Å². The van der Waals surface area contributed by atoms with Crippen LogP contribution < -0.4 is 0 Å². The van der Waals surface area contributed by atoms with Crippen molar-refractivity contribution in [3.05, 3.63) is 0 Å². The van der Waals surface area contributed by atoms with Crippen molar-refractivity contribution in [2.45, 2.75) is 59.7 Å². The molecule has 0 aromatic carbocycles. The van der Waals surface area contributed by atoms with Gasteiger partial charge in [0.05, 0.1) is 12.2 Å². The zero-order valence-electron chi connectivity index (χ0n) is 9.71. The molecule has 1 fully saturated rings. The third-order valence-electron chi connectivity index (χ3n) is 3.96. The predicted octanol–water partition coefficient (Wildman–Crippen LogP) is 3.48. The largest absolute Gasteiger partial charge is 0.375 e. The first-order valence-electron chi connectivity index (χ1n) is 5.71. The minimum atomic E-state index is 0.435. The van der Waals surface area contributed by atoms with Gasteiger partial charge in [-0.15, -0.1) is 0 Å². The summed E-state index contributed by atoms with van der Waals surface area (Å²) in [5.41, 5.74) is 0. The topological polar surface area (TPSA) is 9.23 Å². The molecule has 4 unspecified atom stereocenters. The molecule has 1 heteroatoms. The molecule has 0 N–H and O–H groups in total. The quantitative estimate of drug-likeness (QED) is 0.606. The van der Waals surface area contributed by atoms with Gasteiger partial charge in [0.15, 0.2) is 0 Å². The van der Waals surface area contributed by atoms with Crippen molar-refractivity contribution < 1.29 is 4.74 Å². The maximum absolute atomic E-state index is 6.01. The van der Waals surface area contributed by atoms with Crippen LogP contribution in [-0.2, 0) is 4.74 Å². The summed E-state index contributed by atoms with van der Waals surface area (Å²) >= 11 is 0. The lowest BCUT2D eigenvalue weighted by Gasteiger charge is -2.25. The van der Waals surface area contributed by atoms with Crippen LogP contribution in [0.2, 0.25) is 0 Å². The van der Waals surface area contributed by atoms with Gasteiger partial charge in [-0.25, -0.2) is 0 Å². The molecule has 0 amide bonds. The minimum Gasteiger partial charge on any atom is -0.375 e. The summed E-state index contributed by atoms with van der Waals surface area (Å²) in [5, 5.41) is 0. The van der Waals surface area contributed by atoms with Gasteiger partial charge in [0.25, 0.3) is 0 Å². The Kier molecular flexibility index (Phi) is 3.78. The van der Waals surface area contributed by atoms with E-state index in [0.29, 0.717) is 18.1 Å². The van der Waals surface area contributed by atoms with E-state index in [1.54, 1.807) is 0 Å². The summed E-state index contributed by atoms with van der Waals surface area (Å²) in [4.78, 5) is 0. The van der Waals surface area contributed by atoms with Gasteiger partial charge in [0, 0.05) is 0 Å². The average Bonchev–Trinajstić information content (AvgIpc) is 2.20. The molecule has 0 aliphatic carbocycles. The normalized spacial score (nSPS) is 47.3. The SMILES string of the molecule is CC[C@@H]1CC(C)C(C)C(C)C(C)O1. The van der Waals surface area contributed by atoms with Crippen LogP contribution in [0.5, 0.6) is 0 Å². The average molecular weight is 184 g/mol. The second kappa shape index (κ2) is 4.45. The van der Waals surface area contributed by atoms with Gasteiger partial charge in [-0.05, 0) is 37.5 Å². The van der Waals surface area contributed by atoms with Crippen molar-refractivity contribution in [3.8, 4) is 0 Å². The molecule has 0 aromatic rings. The fraction of sp³-hybridized carbons (Fsp3) is 1.00. The number of rotatable bonds is 1. The van der Waals surface area contributed by atoms with E-state index in [4.69, 9.17) is 4.74 Å². The molecule has 78 valence electrons. The van der Waals surface area contributed by atoms with Gasteiger partial charge >= 0.3 is 0 Å². The fourth-order valence-electron chi connectivity index (χ4n) is 2.32. The first-order chi connectivity index (χ1) is 6.06. The van der Waals surface area contributed by atoms with Crippen LogP contribution in [0.3, 0.4) is 0 Å². The summed E-state index contributed by atoms with van der Waals surface area (Å²) in [6, 6.07) is 0. The van der Waals surface area contributed by atoms with E-state index >= 15 is 0 Å². The maximum atomic E-state index is 6.01. The molecular formula is C12H24O. The highest BCUT2D eigenvalue weighted by Gasteiger charge is 2.31. The molecule has 1 aliphatic rings. The molecule has 0 radical (unpaired) electrons. The van der Waals surface area contributed by atoms with Gasteiger partial charge in [-0.3, -0.25) is 0 Å². The Morgan fingerprint density at radius 2 is 1.69 bits per heavy atom. The van der Waals surface area contributed by atoms with Crippen LogP contribution in [-0.4, -0.2) is 12.2 Å². The van der Waals surface area contributed by atoms with Crippen LogP contribution >= 0.6 is 0 Å². The fourth-order valence-corrected chi connectivity index (χ4v) is 2.32. The Balaban J connectivity index is 2.66. The molecule has 1 saturated heterocycles. The van der Waals surface area contributed by atoms with Crippen LogP contribution in [0.25, 0.3) is 0 Å². The second-order valence-corrected chi connectivity index (χ2v) is 4.80. The predicted molar refractivity (Wildman–Crippen MR) is 56.7 cm³/mol. The standard InChI is InChI=1S/C12H24O/c1-6-12-7-8(2)9(3)10(4)11(5)13-12/h8-12H,6-7H2,1-5H3/t8?,9?,10?,11?,12-/m1/s1. The molecule has 1 heterocycles.